The van der Waals surface area contributed by atoms with Crippen LogP contribution in [-0.4, -0.2) is 16.5 Å². The van der Waals surface area contributed by atoms with Crippen molar-refractivity contribution in [2.45, 2.75) is 31.8 Å². The van der Waals surface area contributed by atoms with E-state index < -0.39 is 5.60 Å². The molecule has 2 aliphatic heterocycles. The highest BCUT2D eigenvalue weighted by Crippen LogP contribution is 2.49. The molecular formula is C22H19FN2O2. The molecule has 0 bridgehead atoms. The van der Waals surface area contributed by atoms with Gasteiger partial charge in [-0.15, -0.1) is 0 Å². The number of H-pyrrole nitrogens is 1. The van der Waals surface area contributed by atoms with Crippen LogP contribution in [0.2, 0.25) is 0 Å². The monoisotopic (exact) mass is 362 g/mol. The number of fused-ring (bicyclic) bond motifs is 2. The van der Waals surface area contributed by atoms with Gasteiger partial charge in [-0.25, -0.2) is 4.39 Å². The van der Waals surface area contributed by atoms with Crippen molar-refractivity contribution in [1.29, 1.82) is 0 Å². The highest BCUT2D eigenvalue weighted by atomic mass is 19.1. The fourth-order valence-electron chi connectivity index (χ4n) is 4.24. The number of ether oxygens (including phenoxy) is 1. The summed E-state index contributed by atoms with van der Waals surface area (Å²) in [7, 11) is 0. The lowest BCUT2D eigenvalue weighted by Crippen LogP contribution is -2.25. The molecule has 27 heavy (non-hydrogen) atoms. The van der Waals surface area contributed by atoms with Gasteiger partial charge in [0.05, 0.1) is 11.3 Å². The van der Waals surface area contributed by atoms with E-state index in [0.717, 1.165) is 10.9 Å². The van der Waals surface area contributed by atoms with E-state index >= 15 is 0 Å². The number of nitrogens with one attached hydrogen (secondary N) is 2. The van der Waals surface area contributed by atoms with Gasteiger partial charge < -0.3 is 15.0 Å². The SMILES string of the molecule is CC1(C)O/C(=C2/C(=O)Nc3cc(F)ccc32)CC1c1ccc2[nH]ccc2c1. The fraction of sp³-hybridized carbons (Fsp3) is 0.227. The number of benzene rings is 2. The Morgan fingerprint density at radius 3 is 2.85 bits per heavy atom. The van der Waals surface area contributed by atoms with Gasteiger partial charge in [0.1, 0.15) is 17.2 Å². The molecule has 1 unspecified atom stereocenters. The van der Waals surface area contributed by atoms with E-state index in [1.165, 1.54) is 17.7 Å². The van der Waals surface area contributed by atoms with Crippen molar-refractivity contribution in [3.05, 3.63) is 71.4 Å². The van der Waals surface area contributed by atoms with Crippen LogP contribution in [0.1, 0.15) is 37.3 Å². The molecule has 0 saturated carbocycles. The molecule has 1 amide bonds. The number of aromatic nitrogens is 1. The zero-order valence-corrected chi connectivity index (χ0v) is 15.1. The van der Waals surface area contributed by atoms with E-state index in [2.05, 4.69) is 34.6 Å². The predicted octanol–water partition coefficient (Wildman–Crippen LogP) is 4.95. The van der Waals surface area contributed by atoms with Crippen LogP contribution >= 0.6 is 0 Å². The second-order valence-corrected chi connectivity index (χ2v) is 7.73. The Morgan fingerprint density at radius 2 is 2.00 bits per heavy atom. The molecule has 0 spiro atoms. The number of hydrogen-bond acceptors (Lipinski definition) is 2. The molecule has 2 N–H and O–H groups in total. The highest BCUT2D eigenvalue weighted by molar-refractivity contribution is 6.32. The van der Waals surface area contributed by atoms with Crippen molar-refractivity contribution in [2.75, 3.05) is 5.32 Å². The molecule has 2 aromatic carbocycles. The number of halogens is 1. The molecule has 0 radical (unpaired) electrons. The molecule has 5 rings (SSSR count). The largest absolute Gasteiger partial charge is 0.491 e. The average Bonchev–Trinajstić information content (AvgIpc) is 3.28. The lowest BCUT2D eigenvalue weighted by Gasteiger charge is -2.26. The molecule has 1 aromatic heterocycles. The second kappa shape index (κ2) is 5.46. The molecule has 1 saturated heterocycles. The van der Waals surface area contributed by atoms with Crippen LogP contribution in [0, 0.1) is 5.82 Å². The Bertz CT molecular complexity index is 1130. The van der Waals surface area contributed by atoms with Crippen LogP contribution in [-0.2, 0) is 9.53 Å². The topological polar surface area (TPSA) is 54.1 Å². The standard InChI is InChI=1S/C22H19FN2O2/c1-22(2)16(12-3-6-17-13(9-12)7-8-24-17)11-19(27-22)20-15-5-4-14(23)10-18(15)25-21(20)26/h3-10,16,24H,11H2,1-2H3,(H,25,26)/b20-19+. The lowest BCUT2D eigenvalue weighted by atomic mass is 9.83. The van der Waals surface area contributed by atoms with Gasteiger partial charge in [-0.2, -0.15) is 0 Å². The molecule has 5 heteroatoms. The van der Waals surface area contributed by atoms with Crippen molar-refractivity contribution in [1.82, 2.24) is 4.98 Å². The maximum Gasteiger partial charge on any atom is 0.259 e. The number of hydrogen-bond donors (Lipinski definition) is 2. The van der Waals surface area contributed by atoms with E-state index in [4.69, 9.17) is 4.74 Å². The summed E-state index contributed by atoms with van der Waals surface area (Å²) in [5.41, 5.74) is 3.55. The summed E-state index contributed by atoms with van der Waals surface area (Å²) in [6, 6.07) is 12.8. The van der Waals surface area contributed by atoms with E-state index in [9.17, 15) is 9.18 Å². The van der Waals surface area contributed by atoms with Gasteiger partial charge in [0.25, 0.3) is 5.91 Å². The zero-order valence-electron chi connectivity index (χ0n) is 15.1. The van der Waals surface area contributed by atoms with E-state index in [1.807, 2.05) is 20.0 Å². The smallest absolute Gasteiger partial charge is 0.259 e. The molecule has 0 aliphatic carbocycles. The summed E-state index contributed by atoms with van der Waals surface area (Å²) in [5.74, 6) is 0.187. The number of rotatable bonds is 1. The van der Waals surface area contributed by atoms with Crippen molar-refractivity contribution >= 4 is 28.1 Å². The summed E-state index contributed by atoms with van der Waals surface area (Å²) in [6.07, 6.45) is 2.56. The van der Waals surface area contributed by atoms with Crippen molar-refractivity contribution in [3.63, 3.8) is 0 Å². The Kier molecular flexibility index (Phi) is 3.26. The Hall–Kier alpha value is -3.08. The van der Waals surface area contributed by atoms with Crippen molar-refractivity contribution < 1.29 is 13.9 Å². The molecular weight excluding hydrogens is 343 g/mol. The molecule has 1 atom stereocenters. The summed E-state index contributed by atoms with van der Waals surface area (Å²) in [4.78, 5) is 15.8. The second-order valence-electron chi connectivity index (χ2n) is 7.73. The number of carbonyl (C=O) groups is 1. The van der Waals surface area contributed by atoms with E-state index in [-0.39, 0.29) is 17.6 Å². The predicted molar refractivity (Wildman–Crippen MR) is 103 cm³/mol. The van der Waals surface area contributed by atoms with Gasteiger partial charge in [0.15, 0.2) is 0 Å². The quantitative estimate of drug-likeness (QED) is 0.602. The summed E-state index contributed by atoms with van der Waals surface area (Å²) < 4.78 is 19.8. The summed E-state index contributed by atoms with van der Waals surface area (Å²) >= 11 is 0. The maximum absolute atomic E-state index is 13.5. The van der Waals surface area contributed by atoms with E-state index in [1.54, 1.807) is 6.07 Å². The summed E-state index contributed by atoms with van der Waals surface area (Å²) in [5, 5.41) is 3.90. The highest BCUT2D eigenvalue weighted by Gasteiger charge is 2.43. The third-order valence-corrected chi connectivity index (χ3v) is 5.60. The van der Waals surface area contributed by atoms with Crippen LogP contribution in [0.4, 0.5) is 10.1 Å². The Morgan fingerprint density at radius 1 is 1.15 bits per heavy atom. The normalized spacial score (nSPS) is 23.4. The van der Waals surface area contributed by atoms with Gasteiger partial charge in [0.2, 0.25) is 0 Å². The first-order chi connectivity index (χ1) is 12.9. The third-order valence-electron chi connectivity index (χ3n) is 5.60. The van der Waals surface area contributed by atoms with Gasteiger partial charge in [-0.05, 0) is 61.2 Å². The minimum atomic E-state index is -0.449. The van der Waals surface area contributed by atoms with Crippen molar-refractivity contribution in [3.8, 4) is 0 Å². The molecule has 136 valence electrons. The number of amides is 1. The van der Waals surface area contributed by atoms with Crippen LogP contribution in [0.3, 0.4) is 0 Å². The zero-order chi connectivity index (χ0) is 18.8. The average molecular weight is 362 g/mol. The minimum absolute atomic E-state index is 0.122. The van der Waals surface area contributed by atoms with Gasteiger partial charge in [-0.1, -0.05) is 6.07 Å². The van der Waals surface area contributed by atoms with Crippen LogP contribution in [0.25, 0.3) is 16.5 Å². The first-order valence-corrected chi connectivity index (χ1v) is 9.03. The number of aromatic amines is 1. The fourth-order valence-corrected chi connectivity index (χ4v) is 4.24. The van der Waals surface area contributed by atoms with Crippen LogP contribution in [0.5, 0.6) is 0 Å². The first-order valence-electron chi connectivity index (χ1n) is 9.03. The maximum atomic E-state index is 13.5. The molecule has 4 nitrogen and oxygen atoms in total. The molecule has 2 aliphatic rings. The number of carbonyl (C=O) groups excluding carboxylic acids is 1. The molecule has 3 aromatic rings. The van der Waals surface area contributed by atoms with Gasteiger partial charge >= 0.3 is 0 Å². The number of anilines is 1. The Labute approximate surface area is 156 Å². The third kappa shape index (κ3) is 2.46. The van der Waals surface area contributed by atoms with E-state index in [0.29, 0.717) is 29.0 Å². The van der Waals surface area contributed by atoms with Crippen LogP contribution in [0.15, 0.2) is 54.4 Å². The number of allylic oxidation sites excluding steroid dienone is 1. The van der Waals surface area contributed by atoms with Crippen molar-refractivity contribution in [2.24, 2.45) is 0 Å². The van der Waals surface area contributed by atoms with Crippen LogP contribution < -0.4 is 5.32 Å². The van der Waals surface area contributed by atoms with Gasteiger partial charge in [-0.3, -0.25) is 4.79 Å². The minimum Gasteiger partial charge on any atom is -0.491 e. The van der Waals surface area contributed by atoms with Gasteiger partial charge in [0, 0.05) is 29.6 Å². The summed E-state index contributed by atoms with van der Waals surface area (Å²) in [6.45, 7) is 4.09. The molecule has 1 fully saturated rings. The Balaban J connectivity index is 1.59. The first kappa shape index (κ1) is 16.1. The molecule has 3 heterocycles. The lowest BCUT2D eigenvalue weighted by molar-refractivity contribution is -0.111.